The molecule has 0 radical (unpaired) electrons. The SMILES string of the molecule is NC1CCC(OC2CC3C=CC2O3)CC1. The minimum Gasteiger partial charge on any atom is -0.372 e. The van der Waals surface area contributed by atoms with Gasteiger partial charge in [-0.15, -0.1) is 0 Å². The molecule has 3 aliphatic rings. The number of fused-ring (bicyclic) bond motifs is 2. The van der Waals surface area contributed by atoms with Crippen LogP contribution in [0.3, 0.4) is 0 Å². The van der Waals surface area contributed by atoms with Crippen molar-refractivity contribution in [3.8, 4) is 0 Å². The van der Waals surface area contributed by atoms with Crippen molar-refractivity contribution in [2.24, 2.45) is 5.73 Å². The lowest BCUT2D eigenvalue weighted by Gasteiger charge is -2.29. The Morgan fingerprint density at radius 1 is 1.13 bits per heavy atom. The number of rotatable bonds is 2. The largest absolute Gasteiger partial charge is 0.372 e. The Labute approximate surface area is 90.6 Å². The van der Waals surface area contributed by atoms with Crippen LogP contribution < -0.4 is 5.73 Å². The van der Waals surface area contributed by atoms with Gasteiger partial charge in [-0.05, 0) is 25.7 Å². The van der Waals surface area contributed by atoms with E-state index in [1.165, 1.54) is 0 Å². The first kappa shape index (κ1) is 9.82. The zero-order chi connectivity index (χ0) is 10.3. The van der Waals surface area contributed by atoms with Crippen LogP contribution in [0.5, 0.6) is 0 Å². The molecule has 2 fully saturated rings. The third kappa shape index (κ3) is 1.96. The van der Waals surface area contributed by atoms with E-state index in [2.05, 4.69) is 12.2 Å². The molecular formula is C12H19NO2. The fourth-order valence-corrected chi connectivity index (χ4v) is 2.84. The van der Waals surface area contributed by atoms with E-state index in [0.717, 1.165) is 32.1 Å². The lowest BCUT2D eigenvalue weighted by molar-refractivity contribution is -0.0507. The monoisotopic (exact) mass is 209 g/mol. The maximum absolute atomic E-state index is 6.10. The van der Waals surface area contributed by atoms with Crippen LogP contribution in [0.25, 0.3) is 0 Å². The zero-order valence-electron chi connectivity index (χ0n) is 8.97. The van der Waals surface area contributed by atoms with Gasteiger partial charge in [0, 0.05) is 12.5 Å². The van der Waals surface area contributed by atoms with Crippen LogP contribution in [0.1, 0.15) is 32.1 Å². The van der Waals surface area contributed by atoms with Crippen molar-refractivity contribution in [2.45, 2.75) is 62.6 Å². The Bertz CT molecular complexity index is 258. The molecule has 1 aliphatic carbocycles. The molecule has 0 amide bonds. The number of nitrogens with two attached hydrogens (primary N) is 1. The summed E-state index contributed by atoms with van der Waals surface area (Å²) in [5.74, 6) is 0. The van der Waals surface area contributed by atoms with Gasteiger partial charge in [0.05, 0.1) is 18.3 Å². The summed E-state index contributed by atoms with van der Waals surface area (Å²) in [6, 6.07) is 0.404. The van der Waals surface area contributed by atoms with Crippen LogP contribution in [0.2, 0.25) is 0 Å². The van der Waals surface area contributed by atoms with Crippen molar-refractivity contribution >= 4 is 0 Å². The third-order valence-corrected chi connectivity index (χ3v) is 3.76. The van der Waals surface area contributed by atoms with E-state index in [1.807, 2.05) is 0 Å². The Balaban J connectivity index is 1.51. The van der Waals surface area contributed by atoms with Crippen molar-refractivity contribution in [1.29, 1.82) is 0 Å². The summed E-state index contributed by atoms with van der Waals surface area (Å²) in [5, 5.41) is 0. The van der Waals surface area contributed by atoms with E-state index >= 15 is 0 Å². The van der Waals surface area contributed by atoms with Crippen molar-refractivity contribution < 1.29 is 9.47 Å². The molecule has 0 spiro atoms. The summed E-state index contributed by atoms with van der Waals surface area (Å²) in [6.45, 7) is 0. The van der Waals surface area contributed by atoms with E-state index in [9.17, 15) is 0 Å². The Hall–Kier alpha value is -0.380. The molecule has 15 heavy (non-hydrogen) atoms. The van der Waals surface area contributed by atoms with Gasteiger partial charge < -0.3 is 15.2 Å². The number of hydrogen-bond donors (Lipinski definition) is 1. The van der Waals surface area contributed by atoms with Gasteiger partial charge in [-0.1, -0.05) is 12.2 Å². The average molecular weight is 209 g/mol. The summed E-state index contributed by atoms with van der Waals surface area (Å²) in [4.78, 5) is 0. The molecule has 2 N–H and O–H groups in total. The summed E-state index contributed by atoms with van der Waals surface area (Å²) < 4.78 is 11.8. The second-order valence-electron chi connectivity index (χ2n) is 4.97. The summed E-state index contributed by atoms with van der Waals surface area (Å²) in [5.41, 5.74) is 5.87. The Kier molecular flexibility index (Phi) is 2.54. The van der Waals surface area contributed by atoms with Crippen LogP contribution >= 0.6 is 0 Å². The van der Waals surface area contributed by atoms with E-state index in [4.69, 9.17) is 15.2 Å². The lowest BCUT2D eigenvalue weighted by Crippen LogP contribution is -2.34. The van der Waals surface area contributed by atoms with Crippen LogP contribution in [0.15, 0.2) is 12.2 Å². The highest BCUT2D eigenvalue weighted by atomic mass is 16.6. The summed E-state index contributed by atoms with van der Waals surface area (Å²) >= 11 is 0. The van der Waals surface area contributed by atoms with E-state index in [0.29, 0.717) is 24.4 Å². The van der Waals surface area contributed by atoms with Crippen molar-refractivity contribution in [1.82, 2.24) is 0 Å². The molecule has 0 aromatic rings. The smallest absolute Gasteiger partial charge is 0.103 e. The molecule has 2 aliphatic heterocycles. The third-order valence-electron chi connectivity index (χ3n) is 3.76. The molecule has 84 valence electrons. The van der Waals surface area contributed by atoms with Crippen LogP contribution in [-0.2, 0) is 9.47 Å². The predicted octanol–water partition coefficient (Wildman–Crippen LogP) is 1.37. The summed E-state index contributed by atoms with van der Waals surface area (Å²) in [7, 11) is 0. The molecule has 3 atom stereocenters. The summed E-state index contributed by atoms with van der Waals surface area (Å²) in [6.07, 6.45) is 11.1. The van der Waals surface area contributed by atoms with Crippen molar-refractivity contribution in [2.75, 3.05) is 0 Å². The first-order chi connectivity index (χ1) is 7.31. The minimum atomic E-state index is 0.227. The minimum absolute atomic E-state index is 0.227. The van der Waals surface area contributed by atoms with Gasteiger partial charge in [0.2, 0.25) is 0 Å². The topological polar surface area (TPSA) is 44.5 Å². The molecule has 2 bridgehead atoms. The molecule has 1 saturated heterocycles. The molecule has 2 heterocycles. The van der Waals surface area contributed by atoms with Gasteiger partial charge in [0.25, 0.3) is 0 Å². The van der Waals surface area contributed by atoms with Gasteiger partial charge in [0.15, 0.2) is 0 Å². The average Bonchev–Trinajstić information content (AvgIpc) is 2.83. The van der Waals surface area contributed by atoms with Crippen LogP contribution in [0.4, 0.5) is 0 Å². The second kappa shape index (κ2) is 3.89. The quantitative estimate of drug-likeness (QED) is 0.699. The molecule has 3 rings (SSSR count). The fraction of sp³-hybridized carbons (Fsp3) is 0.833. The normalized spacial score (nSPS) is 48.7. The van der Waals surface area contributed by atoms with Gasteiger partial charge in [-0.25, -0.2) is 0 Å². The lowest BCUT2D eigenvalue weighted by atomic mass is 9.93. The molecule has 3 heteroatoms. The highest BCUT2D eigenvalue weighted by Gasteiger charge is 2.39. The van der Waals surface area contributed by atoms with Gasteiger partial charge in [0.1, 0.15) is 6.10 Å². The molecular weight excluding hydrogens is 190 g/mol. The molecule has 3 unspecified atom stereocenters. The predicted molar refractivity (Wildman–Crippen MR) is 57.5 cm³/mol. The molecule has 0 aromatic carbocycles. The van der Waals surface area contributed by atoms with E-state index < -0.39 is 0 Å². The van der Waals surface area contributed by atoms with Gasteiger partial charge in [-0.3, -0.25) is 0 Å². The standard InChI is InChI=1S/C12H19NO2/c13-8-1-3-9(4-2-8)14-12-7-10-5-6-11(12)15-10/h5-6,8-12H,1-4,7,13H2. The maximum atomic E-state index is 6.10. The molecule has 3 nitrogen and oxygen atoms in total. The van der Waals surface area contributed by atoms with E-state index in [-0.39, 0.29) is 6.10 Å². The first-order valence-electron chi connectivity index (χ1n) is 6.06. The van der Waals surface area contributed by atoms with Crippen molar-refractivity contribution in [3.05, 3.63) is 12.2 Å². The maximum Gasteiger partial charge on any atom is 0.103 e. The van der Waals surface area contributed by atoms with Gasteiger partial charge in [-0.2, -0.15) is 0 Å². The number of ether oxygens (including phenoxy) is 2. The molecule has 1 saturated carbocycles. The second-order valence-corrected chi connectivity index (χ2v) is 4.97. The highest BCUT2D eigenvalue weighted by molar-refractivity contribution is 5.12. The zero-order valence-corrected chi connectivity index (χ0v) is 8.97. The van der Waals surface area contributed by atoms with Gasteiger partial charge >= 0.3 is 0 Å². The molecule has 0 aromatic heterocycles. The van der Waals surface area contributed by atoms with Crippen LogP contribution in [0, 0.1) is 0 Å². The first-order valence-corrected chi connectivity index (χ1v) is 6.06. The fourth-order valence-electron chi connectivity index (χ4n) is 2.84. The number of hydrogen-bond acceptors (Lipinski definition) is 3. The van der Waals surface area contributed by atoms with E-state index in [1.54, 1.807) is 0 Å². The van der Waals surface area contributed by atoms with Crippen molar-refractivity contribution in [3.63, 3.8) is 0 Å². The highest BCUT2D eigenvalue weighted by Crippen LogP contribution is 2.33. The van der Waals surface area contributed by atoms with Crippen LogP contribution in [-0.4, -0.2) is 30.5 Å². The Morgan fingerprint density at radius 2 is 1.93 bits per heavy atom. The Morgan fingerprint density at radius 3 is 2.53 bits per heavy atom.